The predicted molar refractivity (Wildman–Crippen MR) is 123 cm³/mol. The van der Waals surface area contributed by atoms with Crippen LogP contribution < -0.4 is 14.4 Å². The molecule has 31 heavy (non-hydrogen) atoms. The van der Waals surface area contributed by atoms with Gasteiger partial charge in [-0.15, -0.1) is 0 Å². The molecule has 4 rings (SSSR count). The summed E-state index contributed by atoms with van der Waals surface area (Å²) >= 11 is 0. The smallest absolute Gasteiger partial charge is 0.219 e. The number of benzene rings is 2. The Morgan fingerprint density at radius 2 is 1.84 bits per heavy atom. The van der Waals surface area contributed by atoms with Gasteiger partial charge in [0.15, 0.2) is 11.5 Å². The molecule has 0 unspecified atom stereocenters. The summed E-state index contributed by atoms with van der Waals surface area (Å²) in [6, 6.07) is 16.7. The largest absolute Gasteiger partial charge is 0.493 e. The third-order valence-electron chi connectivity index (χ3n) is 6.36. The van der Waals surface area contributed by atoms with Crippen LogP contribution in [-0.2, 0) is 11.2 Å². The number of methoxy groups -OCH3 is 1. The minimum Gasteiger partial charge on any atom is -0.493 e. The Kier molecular flexibility index (Phi) is 6.66. The van der Waals surface area contributed by atoms with E-state index in [-0.39, 0.29) is 18.1 Å². The molecule has 0 aliphatic carbocycles. The van der Waals surface area contributed by atoms with Crippen molar-refractivity contribution < 1.29 is 14.3 Å². The Morgan fingerprint density at radius 1 is 1.03 bits per heavy atom. The first-order valence-electron chi connectivity index (χ1n) is 11.1. The number of piperazine rings is 1. The van der Waals surface area contributed by atoms with E-state index in [2.05, 4.69) is 53.2 Å². The second-order valence-corrected chi connectivity index (χ2v) is 8.63. The first-order valence-corrected chi connectivity index (χ1v) is 11.1. The van der Waals surface area contributed by atoms with Crippen LogP contribution in [0.3, 0.4) is 0 Å². The van der Waals surface area contributed by atoms with E-state index in [0.717, 1.165) is 62.8 Å². The molecule has 0 saturated carbocycles. The topological polar surface area (TPSA) is 45.3 Å². The molecule has 2 aliphatic rings. The number of nitrogens with zero attached hydrogens (tertiary/aromatic N) is 3. The third kappa shape index (κ3) is 5.13. The minimum atomic E-state index is 0.142. The lowest BCUT2D eigenvalue weighted by Gasteiger charge is -2.42. The molecular formula is C25H33N3O3. The number of likely N-dealkylation sites (tertiary alicyclic amines) is 1. The summed E-state index contributed by atoms with van der Waals surface area (Å²) in [5, 5.41) is 0. The number of carbonyl (C=O) groups excluding carboxylic acids is 1. The van der Waals surface area contributed by atoms with E-state index in [1.807, 2.05) is 17.0 Å². The fraction of sp³-hybridized carbons (Fsp3) is 0.480. The molecule has 2 aliphatic heterocycles. The molecule has 2 heterocycles. The number of hydrogen-bond donors (Lipinski definition) is 0. The fourth-order valence-corrected chi connectivity index (χ4v) is 4.69. The van der Waals surface area contributed by atoms with Gasteiger partial charge in [0.1, 0.15) is 6.10 Å². The van der Waals surface area contributed by atoms with Crippen molar-refractivity contribution in [1.82, 2.24) is 9.80 Å². The highest BCUT2D eigenvalue weighted by atomic mass is 16.5. The summed E-state index contributed by atoms with van der Waals surface area (Å²) in [5.74, 6) is 1.71. The van der Waals surface area contributed by atoms with Gasteiger partial charge in [-0.1, -0.05) is 30.3 Å². The molecule has 166 valence electrons. The van der Waals surface area contributed by atoms with Crippen LogP contribution in [0.2, 0.25) is 0 Å². The van der Waals surface area contributed by atoms with E-state index in [0.29, 0.717) is 0 Å². The first kappa shape index (κ1) is 21.5. The maximum atomic E-state index is 12.3. The van der Waals surface area contributed by atoms with Gasteiger partial charge in [-0.25, -0.2) is 0 Å². The SMILES string of the molecule is COc1ccc(N2CCN(C(C)=O)[C@@H](Cc3ccccc3)C2)cc1O[C@H]1CCN(C)C1. The second-order valence-electron chi connectivity index (χ2n) is 8.63. The zero-order chi connectivity index (χ0) is 21.8. The summed E-state index contributed by atoms with van der Waals surface area (Å²) in [7, 11) is 3.81. The molecule has 0 radical (unpaired) electrons. The Bertz CT molecular complexity index is 889. The fourth-order valence-electron chi connectivity index (χ4n) is 4.69. The molecule has 0 bridgehead atoms. The molecule has 0 spiro atoms. The van der Waals surface area contributed by atoms with Gasteiger partial charge in [0.2, 0.25) is 5.91 Å². The second kappa shape index (κ2) is 9.60. The van der Waals surface area contributed by atoms with Crippen molar-refractivity contribution in [3.8, 4) is 11.5 Å². The van der Waals surface area contributed by atoms with Crippen LogP contribution in [0.5, 0.6) is 11.5 Å². The van der Waals surface area contributed by atoms with Gasteiger partial charge < -0.3 is 24.2 Å². The molecule has 2 aromatic rings. The molecule has 0 aromatic heterocycles. The molecule has 2 fully saturated rings. The van der Waals surface area contributed by atoms with E-state index < -0.39 is 0 Å². The molecule has 2 saturated heterocycles. The number of carbonyl (C=O) groups is 1. The quantitative estimate of drug-likeness (QED) is 0.715. The number of anilines is 1. The van der Waals surface area contributed by atoms with Crippen molar-refractivity contribution in [2.24, 2.45) is 0 Å². The van der Waals surface area contributed by atoms with E-state index >= 15 is 0 Å². The monoisotopic (exact) mass is 423 g/mol. The summed E-state index contributed by atoms with van der Waals surface area (Å²) < 4.78 is 11.9. The van der Waals surface area contributed by atoms with Gasteiger partial charge >= 0.3 is 0 Å². The Hall–Kier alpha value is -2.73. The minimum absolute atomic E-state index is 0.142. The maximum absolute atomic E-state index is 12.3. The maximum Gasteiger partial charge on any atom is 0.219 e. The Balaban J connectivity index is 1.52. The molecule has 1 amide bonds. The molecular weight excluding hydrogens is 390 g/mol. The number of likely N-dealkylation sites (N-methyl/N-ethyl adjacent to an activating group) is 1. The molecule has 6 nitrogen and oxygen atoms in total. The highest BCUT2D eigenvalue weighted by Crippen LogP contribution is 2.34. The zero-order valence-corrected chi connectivity index (χ0v) is 18.8. The lowest BCUT2D eigenvalue weighted by atomic mass is 10.0. The average molecular weight is 424 g/mol. The van der Waals surface area contributed by atoms with Gasteiger partial charge in [-0.3, -0.25) is 4.79 Å². The normalized spacial score (nSPS) is 21.9. The first-order chi connectivity index (χ1) is 15.0. The average Bonchev–Trinajstić information content (AvgIpc) is 3.18. The highest BCUT2D eigenvalue weighted by Gasteiger charge is 2.30. The van der Waals surface area contributed by atoms with Crippen LogP contribution in [0.25, 0.3) is 0 Å². The Labute approximate surface area is 185 Å². The van der Waals surface area contributed by atoms with Crippen molar-refractivity contribution in [2.45, 2.75) is 31.9 Å². The van der Waals surface area contributed by atoms with Crippen molar-refractivity contribution in [2.75, 3.05) is 51.8 Å². The zero-order valence-electron chi connectivity index (χ0n) is 18.8. The third-order valence-corrected chi connectivity index (χ3v) is 6.36. The lowest BCUT2D eigenvalue weighted by Crippen LogP contribution is -2.55. The Morgan fingerprint density at radius 3 is 2.52 bits per heavy atom. The van der Waals surface area contributed by atoms with Crippen molar-refractivity contribution in [3.63, 3.8) is 0 Å². The van der Waals surface area contributed by atoms with Gasteiger partial charge in [-0.2, -0.15) is 0 Å². The molecule has 6 heteroatoms. The predicted octanol–water partition coefficient (Wildman–Crippen LogP) is 3.06. The van der Waals surface area contributed by atoms with Gasteiger partial charge in [-0.05, 0) is 37.6 Å². The number of amides is 1. The number of ether oxygens (including phenoxy) is 2. The summed E-state index contributed by atoms with van der Waals surface area (Å²) in [6.45, 7) is 5.99. The van der Waals surface area contributed by atoms with E-state index in [1.165, 1.54) is 5.56 Å². The van der Waals surface area contributed by atoms with Crippen molar-refractivity contribution >= 4 is 11.6 Å². The van der Waals surface area contributed by atoms with Gasteiger partial charge in [0.25, 0.3) is 0 Å². The summed E-state index contributed by atoms with van der Waals surface area (Å²) in [6.07, 6.45) is 2.07. The summed E-state index contributed by atoms with van der Waals surface area (Å²) in [5.41, 5.74) is 2.37. The van der Waals surface area contributed by atoms with Gasteiger partial charge in [0.05, 0.1) is 13.2 Å². The van der Waals surface area contributed by atoms with Crippen LogP contribution in [0.1, 0.15) is 18.9 Å². The van der Waals surface area contributed by atoms with Gasteiger partial charge in [0, 0.05) is 51.4 Å². The number of hydrogen-bond acceptors (Lipinski definition) is 5. The van der Waals surface area contributed by atoms with Crippen LogP contribution in [0.4, 0.5) is 5.69 Å². The highest BCUT2D eigenvalue weighted by molar-refractivity contribution is 5.74. The van der Waals surface area contributed by atoms with E-state index in [4.69, 9.17) is 9.47 Å². The molecule has 0 N–H and O–H groups in total. The lowest BCUT2D eigenvalue weighted by molar-refractivity contribution is -0.131. The summed E-state index contributed by atoms with van der Waals surface area (Å²) in [4.78, 5) is 18.9. The van der Waals surface area contributed by atoms with Crippen LogP contribution >= 0.6 is 0 Å². The van der Waals surface area contributed by atoms with Crippen molar-refractivity contribution in [3.05, 3.63) is 54.1 Å². The molecule has 2 aromatic carbocycles. The molecule has 2 atom stereocenters. The van der Waals surface area contributed by atoms with Crippen LogP contribution in [0, 0.1) is 0 Å². The number of rotatable bonds is 6. The standard InChI is InChI=1S/C25H33N3O3/c1-19(29)28-14-13-27(17-22(28)15-20-7-5-4-6-8-20)21-9-10-24(30-3)25(16-21)31-23-11-12-26(2)18-23/h4-10,16,22-23H,11-15,17-18H2,1-3H3/t22-,23-/m0/s1. The van der Waals surface area contributed by atoms with Crippen molar-refractivity contribution in [1.29, 1.82) is 0 Å². The van der Waals surface area contributed by atoms with Crippen LogP contribution in [-0.4, -0.2) is 74.7 Å². The van der Waals surface area contributed by atoms with E-state index in [9.17, 15) is 4.79 Å². The van der Waals surface area contributed by atoms with E-state index in [1.54, 1.807) is 14.0 Å². The van der Waals surface area contributed by atoms with Crippen LogP contribution in [0.15, 0.2) is 48.5 Å².